The molecular weight excluding hydrogens is 146 g/mol. The molecule has 1 aromatic heterocycles. The van der Waals surface area contributed by atoms with Crippen LogP contribution in [0.3, 0.4) is 0 Å². The normalized spacial score (nSPS) is 8.75. The van der Waals surface area contributed by atoms with Crippen LogP contribution in [0.5, 0.6) is 0 Å². The van der Waals surface area contributed by atoms with Gasteiger partial charge in [0.1, 0.15) is 0 Å². The Kier molecular flexibility index (Phi) is 5.35. The lowest BCUT2D eigenvalue weighted by Crippen LogP contribution is -1.89. The van der Waals surface area contributed by atoms with Crippen LogP contribution in [-0.2, 0) is 6.42 Å². The Labute approximate surface area is 75.8 Å². The molecular formula is C11H19N. The van der Waals surface area contributed by atoms with Crippen molar-refractivity contribution < 1.29 is 0 Å². The molecule has 0 amide bonds. The standard InChI is InChI=1S/C9H13N.C2H6/c1-4-9-5-7(2)10-8(3)6-9;1-2/h5-6H,4H2,1-3H3;1-2H3. The van der Waals surface area contributed by atoms with Crippen LogP contribution >= 0.6 is 0 Å². The molecule has 0 radical (unpaired) electrons. The van der Waals surface area contributed by atoms with Gasteiger partial charge in [0.2, 0.25) is 0 Å². The second kappa shape index (κ2) is 5.76. The summed E-state index contributed by atoms with van der Waals surface area (Å²) in [5.41, 5.74) is 3.62. The maximum absolute atomic E-state index is 4.28. The predicted octanol–water partition coefficient (Wildman–Crippen LogP) is 3.29. The zero-order chi connectivity index (χ0) is 9.56. The molecule has 0 spiro atoms. The molecule has 0 aliphatic rings. The van der Waals surface area contributed by atoms with E-state index in [1.54, 1.807) is 0 Å². The third kappa shape index (κ3) is 3.51. The predicted molar refractivity (Wildman–Crippen MR) is 54.4 cm³/mol. The van der Waals surface area contributed by atoms with Gasteiger partial charge in [0.05, 0.1) is 0 Å². The fourth-order valence-corrected chi connectivity index (χ4v) is 1.13. The molecule has 1 heterocycles. The lowest BCUT2D eigenvalue weighted by Gasteiger charge is -1.99. The molecule has 0 saturated carbocycles. The summed E-state index contributed by atoms with van der Waals surface area (Å²) in [6.07, 6.45) is 1.10. The van der Waals surface area contributed by atoms with Crippen molar-refractivity contribution in [3.8, 4) is 0 Å². The summed E-state index contributed by atoms with van der Waals surface area (Å²) in [6.45, 7) is 10.2. The van der Waals surface area contributed by atoms with Gasteiger partial charge in [-0.3, -0.25) is 4.98 Å². The molecule has 0 aliphatic carbocycles. The van der Waals surface area contributed by atoms with Crippen molar-refractivity contribution in [3.05, 3.63) is 29.1 Å². The molecule has 1 nitrogen and oxygen atoms in total. The van der Waals surface area contributed by atoms with Crippen LogP contribution in [0, 0.1) is 13.8 Å². The lowest BCUT2D eigenvalue weighted by atomic mass is 10.1. The van der Waals surface area contributed by atoms with Crippen molar-refractivity contribution >= 4 is 0 Å². The summed E-state index contributed by atoms with van der Waals surface area (Å²) in [4.78, 5) is 4.28. The largest absolute Gasteiger partial charge is 0.258 e. The molecule has 1 heteroatoms. The van der Waals surface area contributed by atoms with Gasteiger partial charge in [0, 0.05) is 11.4 Å². The van der Waals surface area contributed by atoms with Gasteiger partial charge in [-0.25, -0.2) is 0 Å². The van der Waals surface area contributed by atoms with Gasteiger partial charge in [-0.05, 0) is 38.0 Å². The molecule has 1 rings (SSSR count). The molecule has 0 unspecified atom stereocenters. The first-order valence-electron chi connectivity index (χ1n) is 4.66. The Morgan fingerprint density at radius 2 is 1.50 bits per heavy atom. The van der Waals surface area contributed by atoms with Gasteiger partial charge in [-0.1, -0.05) is 20.8 Å². The zero-order valence-corrected chi connectivity index (χ0v) is 8.81. The summed E-state index contributed by atoms with van der Waals surface area (Å²) >= 11 is 0. The van der Waals surface area contributed by atoms with Crippen LogP contribution in [0.1, 0.15) is 37.7 Å². The van der Waals surface area contributed by atoms with Crippen LogP contribution in [-0.4, -0.2) is 4.98 Å². The molecule has 68 valence electrons. The Bertz CT molecular complexity index is 208. The molecule has 12 heavy (non-hydrogen) atoms. The fourth-order valence-electron chi connectivity index (χ4n) is 1.13. The van der Waals surface area contributed by atoms with Gasteiger partial charge in [0.15, 0.2) is 0 Å². The first-order valence-corrected chi connectivity index (χ1v) is 4.66. The minimum atomic E-state index is 1.10. The summed E-state index contributed by atoms with van der Waals surface area (Å²) in [5.74, 6) is 0. The number of hydrogen-bond acceptors (Lipinski definition) is 1. The van der Waals surface area contributed by atoms with E-state index in [1.165, 1.54) is 5.56 Å². The molecule has 0 fully saturated rings. The van der Waals surface area contributed by atoms with Crippen LogP contribution in [0.15, 0.2) is 12.1 Å². The van der Waals surface area contributed by atoms with Gasteiger partial charge in [-0.2, -0.15) is 0 Å². The van der Waals surface area contributed by atoms with E-state index in [9.17, 15) is 0 Å². The topological polar surface area (TPSA) is 12.9 Å². The third-order valence-electron chi connectivity index (χ3n) is 1.55. The van der Waals surface area contributed by atoms with Crippen molar-refractivity contribution in [3.63, 3.8) is 0 Å². The summed E-state index contributed by atoms with van der Waals surface area (Å²) < 4.78 is 0. The highest BCUT2D eigenvalue weighted by Crippen LogP contribution is 2.04. The maximum Gasteiger partial charge on any atom is 0.0378 e. The summed E-state index contributed by atoms with van der Waals surface area (Å²) in [5, 5.41) is 0. The Morgan fingerprint density at radius 1 is 1.08 bits per heavy atom. The van der Waals surface area contributed by atoms with E-state index in [1.807, 2.05) is 27.7 Å². The average Bonchev–Trinajstić information content (AvgIpc) is 2.06. The molecule has 0 aromatic carbocycles. The van der Waals surface area contributed by atoms with Gasteiger partial charge in [0.25, 0.3) is 0 Å². The number of aryl methyl sites for hydroxylation is 3. The fraction of sp³-hybridized carbons (Fsp3) is 0.545. The third-order valence-corrected chi connectivity index (χ3v) is 1.55. The van der Waals surface area contributed by atoms with Crippen LogP contribution in [0.25, 0.3) is 0 Å². The van der Waals surface area contributed by atoms with Gasteiger partial charge in [-0.15, -0.1) is 0 Å². The monoisotopic (exact) mass is 165 g/mol. The van der Waals surface area contributed by atoms with E-state index in [-0.39, 0.29) is 0 Å². The number of nitrogens with zero attached hydrogens (tertiary/aromatic N) is 1. The number of pyridine rings is 1. The van der Waals surface area contributed by atoms with Crippen molar-refractivity contribution in [1.29, 1.82) is 0 Å². The molecule has 1 aromatic rings. The highest BCUT2D eigenvalue weighted by atomic mass is 14.7. The second-order valence-electron chi connectivity index (χ2n) is 2.61. The van der Waals surface area contributed by atoms with E-state index < -0.39 is 0 Å². The van der Waals surface area contributed by atoms with Crippen molar-refractivity contribution in [2.45, 2.75) is 41.0 Å². The minimum absolute atomic E-state index is 1.10. The van der Waals surface area contributed by atoms with Crippen molar-refractivity contribution in [2.24, 2.45) is 0 Å². The smallest absolute Gasteiger partial charge is 0.0378 e. The van der Waals surface area contributed by atoms with Crippen LogP contribution < -0.4 is 0 Å². The lowest BCUT2D eigenvalue weighted by molar-refractivity contribution is 1.05. The highest BCUT2D eigenvalue weighted by molar-refractivity contribution is 5.19. The summed E-state index contributed by atoms with van der Waals surface area (Å²) in [7, 11) is 0. The van der Waals surface area contributed by atoms with E-state index in [4.69, 9.17) is 0 Å². The summed E-state index contributed by atoms with van der Waals surface area (Å²) in [6, 6.07) is 4.26. The SMILES string of the molecule is CC.CCc1cc(C)nc(C)c1. The average molecular weight is 165 g/mol. The minimum Gasteiger partial charge on any atom is -0.258 e. The molecule has 0 atom stereocenters. The van der Waals surface area contributed by atoms with Gasteiger partial charge >= 0.3 is 0 Å². The van der Waals surface area contributed by atoms with E-state index in [2.05, 4.69) is 24.0 Å². The quantitative estimate of drug-likeness (QED) is 0.622. The first kappa shape index (κ1) is 11.2. The Hall–Kier alpha value is -0.850. The maximum atomic E-state index is 4.28. The molecule has 0 N–H and O–H groups in total. The number of hydrogen-bond donors (Lipinski definition) is 0. The highest BCUT2D eigenvalue weighted by Gasteiger charge is 1.92. The van der Waals surface area contributed by atoms with Gasteiger partial charge < -0.3 is 0 Å². The van der Waals surface area contributed by atoms with E-state index >= 15 is 0 Å². The molecule has 0 saturated heterocycles. The first-order chi connectivity index (χ1) is 5.72. The van der Waals surface area contributed by atoms with E-state index in [0.717, 1.165) is 17.8 Å². The number of aromatic nitrogens is 1. The van der Waals surface area contributed by atoms with Crippen LogP contribution in [0.2, 0.25) is 0 Å². The zero-order valence-electron chi connectivity index (χ0n) is 8.81. The van der Waals surface area contributed by atoms with Crippen molar-refractivity contribution in [2.75, 3.05) is 0 Å². The van der Waals surface area contributed by atoms with Crippen molar-refractivity contribution in [1.82, 2.24) is 4.98 Å². The number of rotatable bonds is 1. The Morgan fingerprint density at radius 3 is 1.83 bits per heavy atom. The molecule has 0 aliphatic heterocycles. The molecule has 0 bridgehead atoms. The Balaban J connectivity index is 0.000000561. The van der Waals surface area contributed by atoms with Crippen LogP contribution in [0.4, 0.5) is 0 Å². The van der Waals surface area contributed by atoms with E-state index in [0.29, 0.717) is 0 Å². The second-order valence-corrected chi connectivity index (χ2v) is 2.61.